The third-order valence-corrected chi connectivity index (χ3v) is 2.60. The van der Waals surface area contributed by atoms with Crippen molar-refractivity contribution >= 4 is 0 Å². The molecule has 1 aromatic carbocycles. The van der Waals surface area contributed by atoms with Crippen molar-refractivity contribution in [1.82, 2.24) is 4.90 Å². The zero-order valence-corrected chi connectivity index (χ0v) is 9.27. The maximum absolute atomic E-state index is 9.39. The largest absolute Gasteiger partial charge is 0.508 e. The Morgan fingerprint density at radius 3 is 2.80 bits per heavy atom. The van der Waals surface area contributed by atoms with Gasteiger partial charge in [-0.15, -0.1) is 6.42 Å². The first-order valence-corrected chi connectivity index (χ1v) is 5.15. The van der Waals surface area contributed by atoms with E-state index in [1.54, 1.807) is 12.1 Å². The summed E-state index contributed by atoms with van der Waals surface area (Å²) in [5.74, 6) is 2.95. The number of benzene rings is 1. The number of nitrogens with zero attached hydrogens (tertiary/aromatic N) is 1. The summed E-state index contributed by atoms with van der Waals surface area (Å²) >= 11 is 0. The molecule has 0 saturated heterocycles. The minimum absolute atomic E-state index is 0.234. The van der Waals surface area contributed by atoms with Gasteiger partial charge in [0.15, 0.2) is 0 Å². The Balaban J connectivity index is 2.83. The minimum Gasteiger partial charge on any atom is -0.508 e. The highest BCUT2D eigenvalue weighted by Crippen LogP contribution is 2.22. The number of hydrogen-bond donors (Lipinski definition) is 1. The molecule has 1 N–H and O–H groups in total. The van der Waals surface area contributed by atoms with Crippen LogP contribution < -0.4 is 0 Å². The molecule has 1 atom stereocenters. The van der Waals surface area contributed by atoms with Gasteiger partial charge < -0.3 is 5.11 Å². The molecule has 15 heavy (non-hydrogen) atoms. The first-order valence-electron chi connectivity index (χ1n) is 5.15. The summed E-state index contributed by atoms with van der Waals surface area (Å²) in [6, 6.07) is 7.55. The second kappa shape index (κ2) is 5.43. The highest BCUT2D eigenvalue weighted by molar-refractivity contribution is 5.29. The Labute approximate surface area is 91.5 Å². The number of phenolic OH excluding ortho intramolecular Hbond substituents is 1. The van der Waals surface area contributed by atoms with Crippen LogP contribution in [0.3, 0.4) is 0 Å². The molecule has 0 saturated carbocycles. The third-order valence-electron chi connectivity index (χ3n) is 2.60. The van der Waals surface area contributed by atoms with E-state index >= 15 is 0 Å². The number of aromatic hydroxyl groups is 1. The highest BCUT2D eigenvalue weighted by atomic mass is 16.3. The Morgan fingerprint density at radius 2 is 2.27 bits per heavy atom. The normalized spacial score (nSPS) is 12.4. The van der Waals surface area contributed by atoms with Gasteiger partial charge >= 0.3 is 0 Å². The van der Waals surface area contributed by atoms with Crippen molar-refractivity contribution < 1.29 is 5.11 Å². The Bertz CT molecular complexity index is 354. The minimum atomic E-state index is 0.234. The number of phenols is 1. The molecule has 2 nitrogen and oxygen atoms in total. The van der Waals surface area contributed by atoms with Gasteiger partial charge in [0.25, 0.3) is 0 Å². The van der Waals surface area contributed by atoms with E-state index in [9.17, 15) is 5.11 Å². The molecule has 1 unspecified atom stereocenters. The maximum atomic E-state index is 9.39. The predicted molar refractivity (Wildman–Crippen MR) is 62.6 cm³/mol. The summed E-state index contributed by atoms with van der Waals surface area (Å²) in [5.41, 5.74) is 1.09. The van der Waals surface area contributed by atoms with E-state index < -0.39 is 0 Å². The van der Waals surface area contributed by atoms with Gasteiger partial charge in [-0.05, 0) is 31.2 Å². The molecular formula is C13H17NO. The van der Waals surface area contributed by atoms with Crippen LogP contribution in [-0.2, 0) is 0 Å². The van der Waals surface area contributed by atoms with Crippen LogP contribution >= 0.6 is 0 Å². The topological polar surface area (TPSA) is 23.5 Å². The fraction of sp³-hybridized carbons (Fsp3) is 0.385. The summed E-state index contributed by atoms with van der Waals surface area (Å²) in [7, 11) is 0. The lowest BCUT2D eigenvalue weighted by atomic mass is 10.1. The second-order valence-electron chi connectivity index (χ2n) is 3.54. The van der Waals surface area contributed by atoms with E-state index in [-0.39, 0.29) is 6.04 Å². The third kappa shape index (κ3) is 3.00. The summed E-state index contributed by atoms with van der Waals surface area (Å²) in [6.07, 6.45) is 5.31. The number of rotatable bonds is 4. The molecule has 0 aliphatic rings. The van der Waals surface area contributed by atoms with Crippen molar-refractivity contribution in [2.24, 2.45) is 0 Å². The molecule has 0 aromatic heterocycles. The summed E-state index contributed by atoms with van der Waals surface area (Å²) < 4.78 is 0. The van der Waals surface area contributed by atoms with Crippen molar-refractivity contribution in [1.29, 1.82) is 0 Å². The van der Waals surface area contributed by atoms with Crippen LogP contribution in [0.2, 0.25) is 0 Å². The van der Waals surface area contributed by atoms with Crippen LogP contribution in [0.25, 0.3) is 0 Å². The SMILES string of the molecule is C#CCN(CC)C(C)c1cccc(O)c1. The quantitative estimate of drug-likeness (QED) is 0.760. The molecule has 80 valence electrons. The van der Waals surface area contributed by atoms with Gasteiger partial charge in [-0.1, -0.05) is 25.0 Å². The van der Waals surface area contributed by atoms with Crippen molar-refractivity contribution in [3.05, 3.63) is 29.8 Å². The van der Waals surface area contributed by atoms with Gasteiger partial charge in [-0.25, -0.2) is 0 Å². The lowest BCUT2D eigenvalue weighted by Gasteiger charge is -2.26. The van der Waals surface area contributed by atoms with Gasteiger partial charge in [0.1, 0.15) is 5.75 Å². The molecule has 2 heteroatoms. The fourth-order valence-electron chi connectivity index (χ4n) is 1.64. The summed E-state index contributed by atoms with van der Waals surface area (Å²) in [6.45, 7) is 5.71. The van der Waals surface area contributed by atoms with E-state index in [0.717, 1.165) is 12.1 Å². The standard InChI is InChI=1S/C13H17NO/c1-4-9-14(5-2)11(3)12-7-6-8-13(15)10-12/h1,6-8,10-11,15H,5,9H2,2-3H3. The summed E-state index contributed by atoms with van der Waals surface area (Å²) in [5, 5.41) is 9.39. The zero-order chi connectivity index (χ0) is 11.3. The Hall–Kier alpha value is -1.46. The van der Waals surface area contributed by atoms with Crippen molar-refractivity contribution in [3.63, 3.8) is 0 Å². The van der Waals surface area contributed by atoms with Crippen LogP contribution in [0.1, 0.15) is 25.5 Å². The fourth-order valence-corrected chi connectivity index (χ4v) is 1.64. The number of hydrogen-bond acceptors (Lipinski definition) is 2. The smallest absolute Gasteiger partial charge is 0.115 e. The molecule has 1 aromatic rings. The lowest BCUT2D eigenvalue weighted by Crippen LogP contribution is -2.27. The van der Waals surface area contributed by atoms with Gasteiger partial charge in [0.05, 0.1) is 6.54 Å². The molecular weight excluding hydrogens is 186 g/mol. The molecule has 0 spiro atoms. The first kappa shape index (κ1) is 11.6. The van der Waals surface area contributed by atoms with Gasteiger partial charge in [0.2, 0.25) is 0 Å². The van der Waals surface area contributed by atoms with Gasteiger partial charge in [-0.2, -0.15) is 0 Å². The van der Waals surface area contributed by atoms with Gasteiger partial charge in [0, 0.05) is 6.04 Å². The second-order valence-corrected chi connectivity index (χ2v) is 3.54. The monoisotopic (exact) mass is 203 g/mol. The van der Waals surface area contributed by atoms with Crippen molar-refractivity contribution in [3.8, 4) is 18.1 Å². The molecule has 0 amide bonds. The van der Waals surface area contributed by atoms with E-state index in [2.05, 4.69) is 24.7 Å². The molecule has 0 fully saturated rings. The van der Waals surface area contributed by atoms with Crippen LogP contribution in [0.5, 0.6) is 5.75 Å². The average molecular weight is 203 g/mol. The van der Waals surface area contributed by atoms with Crippen LogP contribution in [0, 0.1) is 12.3 Å². The van der Waals surface area contributed by atoms with E-state index in [4.69, 9.17) is 6.42 Å². The predicted octanol–water partition coefficient (Wildman–Crippen LogP) is 2.41. The Morgan fingerprint density at radius 1 is 1.53 bits per heavy atom. The van der Waals surface area contributed by atoms with Crippen molar-refractivity contribution in [2.45, 2.75) is 19.9 Å². The molecule has 0 aliphatic heterocycles. The molecule has 0 heterocycles. The van der Waals surface area contributed by atoms with Crippen molar-refractivity contribution in [2.75, 3.05) is 13.1 Å². The summed E-state index contributed by atoms with van der Waals surface area (Å²) in [4.78, 5) is 2.18. The number of terminal acetylenes is 1. The molecule has 1 rings (SSSR count). The maximum Gasteiger partial charge on any atom is 0.115 e. The molecule has 0 bridgehead atoms. The van der Waals surface area contributed by atoms with Crippen LogP contribution in [0.4, 0.5) is 0 Å². The van der Waals surface area contributed by atoms with Crippen LogP contribution in [-0.4, -0.2) is 23.1 Å². The molecule has 0 radical (unpaired) electrons. The lowest BCUT2D eigenvalue weighted by molar-refractivity contribution is 0.250. The molecule has 0 aliphatic carbocycles. The van der Waals surface area contributed by atoms with E-state index in [0.29, 0.717) is 12.3 Å². The Kier molecular flexibility index (Phi) is 4.20. The first-order chi connectivity index (χ1) is 7.19. The average Bonchev–Trinajstić information content (AvgIpc) is 2.25. The van der Waals surface area contributed by atoms with E-state index in [1.165, 1.54) is 0 Å². The zero-order valence-electron chi connectivity index (χ0n) is 9.27. The van der Waals surface area contributed by atoms with Gasteiger partial charge in [-0.3, -0.25) is 4.90 Å². The van der Waals surface area contributed by atoms with E-state index in [1.807, 2.05) is 12.1 Å². The highest BCUT2D eigenvalue weighted by Gasteiger charge is 2.12. The van der Waals surface area contributed by atoms with Crippen LogP contribution in [0.15, 0.2) is 24.3 Å².